The first-order chi connectivity index (χ1) is 35.3. The van der Waals surface area contributed by atoms with Crippen LogP contribution in [-0.2, 0) is 0 Å². The second-order valence-electron chi connectivity index (χ2n) is 19.3. The Labute approximate surface area is 405 Å². The lowest BCUT2D eigenvalue weighted by atomic mass is 10.0. The molecule has 0 aliphatic heterocycles. The van der Waals surface area contributed by atoms with Crippen LogP contribution in [0.1, 0.15) is 0 Å². The average molecular weight is 902 g/mol. The minimum Gasteiger partial charge on any atom is -0.310 e. The molecule has 0 radical (unpaired) electrons. The monoisotopic (exact) mass is 901 g/mol. The number of hydrogen-bond donors (Lipinski definition) is 0. The Kier molecular flexibility index (Phi) is 7.15. The number of nitrogens with zero attached hydrogens (tertiary/aromatic N) is 5. The molecule has 0 amide bonds. The molecule has 6 aromatic heterocycles. The number of fused-ring (bicyclic) bond motifs is 18. The van der Waals surface area contributed by atoms with E-state index in [0.29, 0.717) is 0 Å². The molecule has 17 aromatic rings. The molecule has 0 aliphatic rings. The minimum absolute atomic E-state index is 1.12. The lowest BCUT2D eigenvalue weighted by Crippen LogP contribution is -2.10. The highest BCUT2D eigenvalue weighted by molar-refractivity contribution is 6.33. The normalized spacial score (nSPS) is 12.5. The fraction of sp³-hybridized carbons (Fsp3) is 0. The molecule has 0 atom stereocenters. The van der Waals surface area contributed by atoms with E-state index in [0.717, 1.165) is 28.4 Å². The van der Waals surface area contributed by atoms with Crippen molar-refractivity contribution in [3.05, 3.63) is 237 Å². The summed E-state index contributed by atoms with van der Waals surface area (Å²) >= 11 is 0. The zero-order valence-electron chi connectivity index (χ0n) is 38.3. The summed E-state index contributed by atoms with van der Waals surface area (Å²) < 4.78 is 10.0. The summed E-state index contributed by atoms with van der Waals surface area (Å²) in [6.45, 7) is 0. The van der Waals surface area contributed by atoms with E-state index in [-0.39, 0.29) is 0 Å². The van der Waals surface area contributed by atoms with Gasteiger partial charge in [-0.3, -0.25) is 0 Å². The standard InChI is InChI=1S/C66H39N5/c1-5-18-40(19-6-1)67(41-20-7-2-8-21-41)57-33-32-48-53-37-58-52(36-59(53)71-63-39-61-50(35-54(63)64(57)66(48)71)45-27-14-16-31-56(45)69(61)43-24-11-4-12-25-43)47-29-17-28-46-51-34-49-44-26-13-15-30-55(44)68(42-22-9-3-10-23-42)60(49)38-62(51)70(58)65(46)47/h1-39H. The van der Waals surface area contributed by atoms with Crippen molar-refractivity contribution in [2.24, 2.45) is 0 Å². The van der Waals surface area contributed by atoms with Gasteiger partial charge in [0.15, 0.2) is 0 Å². The summed E-state index contributed by atoms with van der Waals surface area (Å²) in [5.41, 5.74) is 17.9. The highest BCUT2D eigenvalue weighted by Gasteiger charge is 2.28. The van der Waals surface area contributed by atoms with Crippen molar-refractivity contribution in [3.8, 4) is 11.4 Å². The fourth-order valence-electron chi connectivity index (χ4n) is 12.9. The second kappa shape index (κ2) is 13.6. The van der Waals surface area contributed by atoms with Gasteiger partial charge >= 0.3 is 0 Å². The van der Waals surface area contributed by atoms with Gasteiger partial charge in [0.2, 0.25) is 0 Å². The van der Waals surface area contributed by atoms with E-state index in [1.165, 1.54) is 120 Å². The molecule has 0 unspecified atom stereocenters. The smallest absolute Gasteiger partial charge is 0.0641 e. The Morgan fingerprint density at radius 3 is 1.18 bits per heavy atom. The number of rotatable bonds is 5. The van der Waals surface area contributed by atoms with Gasteiger partial charge in [-0.25, -0.2) is 0 Å². The van der Waals surface area contributed by atoms with Crippen molar-refractivity contribution in [1.29, 1.82) is 0 Å². The van der Waals surface area contributed by atoms with Crippen molar-refractivity contribution < 1.29 is 0 Å². The molecule has 5 nitrogen and oxygen atoms in total. The quantitative estimate of drug-likeness (QED) is 0.169. The largest absolute Gasteiger partial charge is 0.310 e. The zero-order valence-corrected chi connectivity index (χ0v) is 38.3. The number of anilines is 3. The Bertz CT molecular complexity index is 4980. The molecule has 0 spiro atoms. The van der Waals surface area contributed by atoms with Gasteiger partial charge in [0.25, 0.3) is 0 Å². The number of aromatic nitrogens is 4. The lowest BCUT2D eigenvalue weighted by molar-refractivity contribution is 1.18. The van der Waals surface area contributed by atoms with Crippen LogP contribution in [0.15, 0.2) is 237 Å². The van der Waals surface area contributed by atoms with Crippen LogP contribution in [0.5, 0.6) is 0 Å². The van der Waals surface area contributed by atoms with Gasteiger partial charge in [-0.2, -0.15) is 0 Å². The Morgan fingerprint density at radius 2 is 0.634 bits per heavy atom. The fourth-order valence-corrected chi connectivity index (χ4v) is 12.9. The first-order valence-corrected chi connectivity index (χ1v) is 24.5. The molecular weight excluding hydrogens is 863 g/mol. The van der Waals surface area contributed by atoms with Gasteiger partial charge < -0.3 is 22.8 Å². The van der Waals surface area contributed by atoms with Crippen LogP contribution < -0.4 is 4.90 Å². The number of benzene rings is 11. The van der Waals surface area contributed by atoms with Crippen LogP contribution in [0, 0.1) is 0 Å². The van der Waals surface area contributed by atoms with Crippen LogP contribution in [0.25, 0.3) is 131 Å². The molecule has 0 aliphatic carbocycles. The highest BCUT2D eigenvalue weighted by Crippen LogP contribution is 2.51. The molecule has 71 heavy (non-hydrogen) atoms. The maximum Gasteiger partial charge on any atom is 0.0641 e. The zero-order chi connectivity index (χ0) is 46.1. The maximum absolute atomic E-state index is 2.59. The molecular formula is C66H39N5. The van der Waals surface area contributed by atoms with Gasteiger partial charge in [-0.1, -0.05) is 133 Å². The second-order valence-corrected chi connectivity index (χ2v) is 19.3. The van der Waals surface area contributed by atoms with E-state index >= 15 is 0 Å². The molecule has 328 valence electrons. The van der Waals surface area contributed by atoms with Crippen molar-refractivity contribution >= 4 is 137 Å². The summed E-state index contributed by atoms with van der Waals surface area (Å²) in [5, 5.41) is 15.1. The third-order valence-corrected chi connectivity index (χ3v) is 15.7. The Balaban J connectivity index is 1.04. The minimum atomic E-state index is 1.12. The molecule has 6 heterocycles. The van der Waals surface area contributed by atoms with Crippen molar-refractivity contribution in [2.45, 2.75) is 0 Å². The van der Waals surface area contributed by atoms with E-state index in [2.05, 4.69) is 259 Å². The summed E-state index contributed by atoms with van der Waals surface area (Å²) in [4.78, 5) is 2.44. The molecule has 5 heteroatoms. The summed E-state index contributed by atoms with van der Waals surface area (Å²) in [6.07, 6.45) is 0. The van der Waals surface area contributed by atoms with Gasteiger partial charge in [0, 0.05) is 87.4 Å². The van der Waals surface area contributed by atoms with Crippen LogP contribution >= 0.6 is 0 Å². The Morgan fingerprint density at radius 1 is 0.239 bits per heavy atom. The van der Waals surface area contributed by atoms with E-state index < -0.39 is 0 Å². The predicted octanol–water partition coefficient (Wildman–Crippen LogP) is 17.7. The van der Waals surface area contributed by atoms with Gasteiger partial charge in [-0.15, -0.1) is 0 Å². The van der Waals surface area contributed by atoms with Crippen LogP contribution in [0.4, 0.5) is 17.1 Å². The SMILES string of the molecule is c1ccc(N(c2ccccc2)c2ccc3c4cc5c(cc4n4c6cc7c(cc6c2c34)c2ccccc2n7-c2ccccc2)c2cccc3c4cc6c7ccccc7n(-c7ccccc7)c6cc4n5c23)cc1. The van der Waals surface area contributed by atoms with Crippen molar-refractivity contribution in [2.75, 3.05) is 4.90 Å². The van der Waals surface area contributed by atoms with Crippen LogP contribution in [0.2, 0.25) is 0 Å². The lowest BCUT2D eigenvalue weighted by Gasteiger charge is -2.26. The van der Waals surface area contributed by atoms with Gasteiger partial charge in [-0.05, 0) is 103 Å². The number of hydrogen-bond acceptors (Lipinski definition) is 1. The third-order valence-electron chi connectivity index (χ3n) is 15.7. The average Bonchev–Trinajstić information content (AvgIpc) is 4.27. The van der Waals surface area contributed by atoms with Gasteiger partial charge in [0.1, 0.15) is 0 Å². The van der Waals surface area contributed by atoms with E-state index in [9.17, 15) is 0 Å². The molecule has 0 N–H and O–H groups in total. The van der Waals surface area contributed by atoms with Crippen molar-refractivity contribution in [3.63, 3.8) is 0 Å². The molecule has 0 saturated heterocycles. The van der Waals surface area contributed by atoms with E-state index in [1.807, 2.05) is 0 Å². The molecule has 0 bridgehead atoms. The Hall–Kier alpha value is -9.58. The summed E-state index contributed by atoms with van der Waals surface area (Å²) in [5.74, 6) is 0. The number of para-hydroxylation sites is 7. The first-order valence-electron chi connectivity index (χ1n) is 24.5. The summed E-state index contributed by atoms with van der Waals surface area (Å²) in [6, 6.07) is 87.6. The molecule has 17 rings (SSSR count). The maximum atomic E-state index is 2.59. The predicted molar refractivity (Wildman–Crippen MR) is 299 cm³/mol. The van der Waals surface area contributed by atoms with Crippen LogP contribution in [-0.4, -0.2) is 17.9 Å². The molecule has 11 aromatic carbocycles. The van der Waals surface area contributed by atoms with E-state index in [4.69, 9.17) is 0 Å². The first kappa shape index (κ1) is 37.4. The third kappa shape index (κ3) is 4.79. The molecule has 0 fully saturated rings. The highest BCUT2D eigenvalue weighted by atomic mass is 15.1. The van der Waals surface area contributed by atoms with Gasteiger partial charge in [0.05, 0.1) is 60.9 Å². The summed E-state index contributed by atoms with van der Waals surface area (Å²) in [7, 11) is 0. The van der Waals surface area contributed by atoms with Crippen molar-refractivity contribution in [1.82, 2.24) is 17.9 Å². The van der Waals surface area contributed by atoms with Crippen LogP contribution in [0.3, 0.4) is 0 Å². The topological polar surface area (TPSA) is 21.9 Å². The molecule has 0 saturated carbocycles. The van der Waals surface area contributed by atoms with E-state index in [1.54, 1.807) is 0 Å².